The minimum atomic E-state index is -0.891. The lowest BCUT2D eigenvalue weighted by Gasteiger charge is -2.07. The average molecular weight is 384 g/mol. The molecule has 1 aromatic rings. The van der Waals surface area contributed by atoms with Crippen LogP contribution in [0.3, 0.4) is 0 Å². The van der Waals surface area contributed by atoms with Crippen molar-refractivity contribution in [3.63, 3.8) is 0 Å². The maximum absolute atomic E-state index is 12.1. The molecule has 3 unspecified atom stereocenters. The number of thiophene rings is 1. The Balaban J connectivity index is 0.000000552. The fourth-order valence-corrected chi connectivity index (χ4v) is 4.34. The first-order chi connectivity index (χ1) is 12.4. The van der Waals surface area contributed by atoms with Crippen molar-refractivity contribution in [3.05, 3.63) is 17.0 Å². The number of amides is 1. The summed E-state index contributed by atoms with van der Waals surface area (Å²) >= 11 is 1.32. The Hall–Kier alpha value is -1.44. The second-order valence-corrected chi connectivity index (χ2v) is 8.05. The molecule has 1 heterocycles. The van der Waals surface area contributed by atoms with E-state index in [0.717, 1.165) is 30.7 Å². The summed E-state index contributed by atoms with van der Waals surface area (Å²) in [4.78, 5) is 21.5. The molecule has 3 atom stereocenters. The van der Waals surface area contributed by atoms with Crippen molar-refractivity contribution >= 4 is 23.0 Å². The van der Waals surface area contributed by atoms with E-state index < -0.39 is 6.10 Å². The number of Topliss-reactive ketones (excluding diaryl/α,β-unsaturated/α-hetero) is 1. The quantitative estimate of drug-likeness (QED) is 0.640. The highest BCUT2D eigenvalue weighted by molar-refractivity contribution is 7.12. The maximum atomic E-state index is 12.1. The van der Waals surface area contributed by atoms with E-state index in [1.54, 1.807) is 11.4 Å². The summed E-state index contributed by atoms with van der Waals surface area (Å²) in [6.45, 7) is 3.50. The van der Waals surface area contributed by atoms with E-state index in [-0.39, 0.29) is 24.9 Å². The van der Waals surface area contributed by atoms with Crippen molar-refractivity contribution in [1.82, 2.24) is 5.32 Å². The van der Waals surface area contributed by atoms with Crippen LogP contribution in [0.15, 0.2) is 11.4 Å². The number of ether oxygens (including phenoxy) is 1. The number of carbonyl (C=O) groups excluding carboxylic acids is 2. The van der Waals surface area contributed by atoms with E-state index in [2.05, 4.69) is 5.32 Å². The lowest BCUT2D eigenvalue weighted by molar-refractivity contribution is -0.115. The van der Waals surface area contributed by atoms with E-state index in [9.17, 15) is 14.7 Å². The monoisotopic (exact) mass is 383 g/mol. The molecule has 3 N–H and O–H groups in total. The molecule has 2 aliphatic carbocycles. The second kappa shape index (κ2) is 10.0. The molecule has 0 spiro atoms. The molecule has 0 radical (unpaired) electrons. The van der Waals surface area contributed by atoms with Crippen LogP contribution in [0.1, 0.15) is 49.9 Å². The lowest BCUT2D eigenvalue weighted by Crippen LogP contribution is -2.24. The number of carbonyl (C=O) groups is 2. The van der Waals surface area contributed by atoms with Crippen molar-refractivity contribution < 1.29 is 24.5 Å². The van der Waals surface area contributed by atoms with Crippen LogP contribution < -0.4 is 10.1 Å². The van der Waals surface area contributed by atoms with Gasteiger partial charge in [-0.1, -0.05) is 6.42 Å². The van der Waals surface area contributed by atoms with Crippen molar-refractivity contribution in [2.24, 2.45) is 17.8 Å². The zero-order valence-electron chi connectivity index (χ0n) is 15.4. The number of aliphatic hydroxyl groups is 2. The van der Waals surface area contributed by atoms with E-state index in [1.165, 1.54) is 44.4 Å². The molecule has 0 bridgehead atoms. The third-order valence-corrected chi connectivity index (χ3v) is 5.65. The topological polar surface area (TPSA) is 95.9 Å². The summed E-state index contributed by atoms with van der Waals surface area (Å²) in [6, 6.07) is 1.68. The van der Waals surface area contributed by atoms with Gasteiger partial charge in [-0.3, -0.25) is 4.79 Å². The number of aliphatic hydroxyl groups excluding tert-OH is 2. The Labute approximate surface area is 158 Å². The van der Waals surface area contributed by atoms with Gasteiger partial charge in [0, 0.05) is 18.0 Å². The molecule has 26 heavy (non-hydrogen) atoms. The molecule has 6 nitrogen and oxygen atoms in total. The minimum Gasteiger partial charge on any atom is -0.481 e. The van der Waals surface area contributed by atoms with Crippen LogP contribution in [-0.4, -0.2) is 47.8 Å². The molecule has 3 rings (SSSR count). The van der Waals surface area contributed by atoms with Crippen molar-refractivity contribution in [2.75, 3.05) is 19.8 Å². The molecule has 2 fully saturated rings. The van der Waals surface area contributed by atoms with E-state index in [4.69, 9.17) is 9.84 Å². The van der Waals surface area contributed by atoms with Gasteiger partial charge in [0.25, 0.3) is 5.91 Å². The van der Waals surface area contributed by atoms with Crippen LogP contribution in [0.4, 0.5) is 0 Å². The van der Waals surface area contributed by atoms with Crippen LogP contribution in [0.5, 0.6) is 5.06 Å². The third kappa shape index (κ3) is 6.37. The summed E-state index contributed by atoms with van der Waals surface area (Å²) in [5.41, 5.74) is 0.592. The van der Waals surface area contributed by atoms with Gasteiger partial charge >= 0.3 is 0 Å². The number of rotatable bonds is 8. The van der Waals surface area contributed by atoms with Gasteiger partial charge in [0.2, 0.25) is 0 Å². The lowest BCUT2D eigenvalue weighted by atomic mass is 10.1. The van der Waals surface area contributed by atoms with Crippen LogP contribution in [0.2, 0.25) is 0 Å². The van der Waals surface area contributed by atoms with Gasteiger partial charge in [-0.2, -0.15) is 0 Å². The number of hydrogen-bond acceptors (Lipinski definition) is 6. The van der Waals surface area contributed by atoms with Gasteiger partial charge in [0.15, 0.2) is 5.06 Å². The van der Waals surface area contributed by atoms with Gasteiger partial charge in [-0.15, -0.1) is 11.3 Å². The normalized spacial score (nSPS) is 24.1. The standard InChI is InChI=1S/C16H23NO4S.C3H6O/c18-7-11(19)8-21-15-6-10(9-22-15)16(20)17-5-4-14-12-2-1-3-13(12)14;1-3(2)4/h6,9,11-14,18-19H,1-5,7-8H2,(H,17,20);1-2H3. The number of nitrogens with one attached hydrogen (secondary N) is 1. The predicted octanol–water partition coefficient (Wildman–Crippen LogP) is 2.24. The molecular formula is C19H29NO5S. The summed E-state index contributed by atoms with van der Waals surface area (Å²) in [5.74, 6) is 2.82. The summed E-state index contributed by atoms with van der Waals surface area (Å²) in [5, 5.41) is 23.3. The first kappa shape index (κ1) is 20.9. The molecule has 1 amide bonds. The van der Waals surface area contributed by atoms with E-state index in [0.29, 0.717) is 10.6 Å². The molecule has 0 saturated heterocycles. The summed E-state index contributed by atoms with van der Waals surface area (Å²) < 4.78 is 5.32. The minimum absolute atomic E-state index is 0.0303. The molecular weight excluding hydrogens is 354 g/mol. The van der Waals surface area contributed by atoms with Crippen LogP contribution in [0, 0.1) is 17.8 Å². The fraction of sp³-hybridized carbons (Fsp3) is 0.684. The highest BCUT2D eigenvalue weighted by Gasteiger charge is 2.51. The van der Waals surface area contributed by atoms with E-state index >= 15 is 0 Å². The molecule has 0 aromatic carbocycles. The molecule has 2 saturated carbocycles. The van der Waals surface area contributed by atoms with Crippen LogP contribution in [-0.2, 0) is 4.79 Å². The van der Waals surface area contributed by atoms with Gasteiger partial charge in [0.05, 0.1) is 12.2 Å². The van der Waals surface area contributed by atoms with Crippen molar-refractivity contribution in [1.29, 1.82) is 0 Å². The van der Waals surface area contributed by atoms with Crippen molar-refractivity contribution in [3.8, 4) is 5.06 Å². The van der Waals surface area contributed by atoms with Gasteiger partial charge in [0.1, 0.15) is 18.5 Å². The van der Waals surface area contributed by atoms with Crippen LogP contribution in [0.25, 0.3) is 0 Å². The van der Waals surface area contributed by atoms with Gasteiger partial charge in [-0.25, -0.2) is 0 Å². The SMILES string of the molecule is CC(C)=O.O=C(NCCC1C2CCCC21)c1csc(OCC(O)CO)c1. The molecule has 1 aromatic heterocycles. The van der Waals surface area contributed by atoms with Crippen molar-refractivity contribution in [2.45, 2.75) is 45.6 Å². The average Bonchev–Trinajstić information content (AvgIpc) is 3.02. The fourth-order valence-electron chi connectivity index (χ4n) is 3.59. The maximum Gasteiger partial charge on any atom is 0.252 e. The van der Waals surface area contributed by atoms with Crippen LogP contribution >= 0.6 is 11.3 Å². The molecule has 0 aliphatic heterocycles. The summed E-state index contributed by atoms with van der Waals surface area (Å²) in [7, 11) is 0. The second-order valence-electron chi connectivity index (χ2n) is 7.18. The Morgan fingerprint density at radius 3 is 2.62 bits per heavy atom. The smallest absolute Gasteiger partial charge is 0.252 e. The van der Waals surface area contributed by atoms with Gasteiger partial charge < -0.3 is 25.1 Å². The zero-order chi connectivity index (χ0) is 19.1. The first-order valence-electron chi connectivity index (χ1n) is 9.18. The largest absolute Gasteiger partial charge is 0.481 e. The summed E-state index contributed by atoms with van der Waals surface area (Å²) in [6.07, 6.45) is 4.36. The molecule has 7 heteroatoms. The van der Waals surface area contributed by atoms with Gasteiger partial charge in [-0.05, 0) is 50.9 Å². The zero-order valence-corrected chi connectivity index (χ0v) is 16.3. The van der Waals surface area contributed by atoms with E-state index in [1.807, 2.05) is 0 Å². The Bertz CT molecular complexity index is 589. The third-order valence-electron chi connectivity index (χ3n) is 4.81. The Morgan fingerprint density at radius 2 is 2.00 bits per heavy atom. The Kier molecular flexibility index (Phi) is 8.06. The molecule has 2 aliphatic rings. The Morgan fingerprint density at radius 1 is 1.35 bits per heavy atom. The number of ketones is 1. The first-order valence-corrected chi connectivity index (χ1v) is 10.1. The highest BCUT2D eigenvalue weighted by atomic mass is 32.1. The molecule has 146 valence electrons. The predicted molar refractivity (Wildman–Crippen MR) is 101 cm³/mol. The number of hydrogen-bond donors (Lipinski definition) is 3. The highest BCUT2D eigenvalue weighted by Crippen LogP contribution is 2.58. The number of fused-ring (bicyclic) bond motifs is 1.